The summed E-state index contributed by atoms with van der Waals surface area (Å²) in [6, 6.07) is 12.7. The minimum absolute atomic E-state index is 0.0404. The zero-order valence-electron chi connectivity index (χ0n) is 11.5. The Hall–Kier alpha value is -3.22. The second-order valence-corrected chi connectivity index (χ2v) is 4.54. The normalized spacial score (nSPS) is 10.4. The lowest BCUT2D eigenvalue weighted by atomic mass is 10.1. The lowest BCUT2D eigenvalue weighted by molar-refractivity contribution is -0.793. The molecule has 0 radical (unpaired) electrons. The van der Waals surface area contributed by atoms with Crippen LogP contribution in [0.2, 0.25) is 0 Å². The first-order valence-corrected chi connectivity index (χ1v) is 6.58. The van der Waals surface area contributed by atoms with Crippen LogP contribution >= 0.6 is 0 Å². The number of benzene rings is 1. The molecule has 0 saturated heterocycles. The minimum Gasteiger partial charge on any atom is -0.359 e. The molecule has 1 aromatic carbocycles. The van der Waals surface area contributed by atoms with Crippen molar-refractivity contribution in [2.24, 2.45) is 0 Å². The van der Waals surface area contributed by atoms with Gasteiger partial charge >= 0.3 is 11.6 Å². The molecular weight excluding hydrogens is 284 g/mol. The Bertz CT molecular complexity index is 772. The van der Waals surface area contributed by atoms with Crippen LogP contribution in [0.25, 0.3) is 11.3 Å². The molecule has 0 aliphatic rings. The van der Waals surface area contributed by atoms with E-state index in [4.69, 9.17) is 0 Å². The van der Waals surface area contributed by atoms with Gasteiger partial charge in [-0.3, -0.25) is 14.4 Å². The SMILES string of the molecule is O=C(NCc1ccccc1)c1no[n+]([O-])c1-c1cccnc1. The molecule has 2 heterocycles. The summed E-state index contributed by atoms with van der Waals surface area (Å²) in [5.41, 5.74) is 1.37. The molecule has 2 aromatic heterocycles. The molecule has 0 atom stereocenters. The number of carbonyl (C=O) groups excluding carboxylic acids is 1. The van der Waals surface area contributed by atoms with E-state index in [1.54, 1.807) is 18.3 Å². The van der Waals surface area contributed by atoms with Gasteiger partial charge in [-0.15, -0.1) is 0 Å². The van der Waals surface area contributed by atoms with Crippen LogP contribution in [-0.2, 0) is 6.54 Å². The van der Waals surface area contributed by atoms with Gasteiger partial charge in [-0.25, -0.2) is 0 Å². The van der Waals surface area contributed by atoms with Gasteiger partial charge in [0, 0.05) is 24.5 Å². The van der Waals surface area contributed by atoms with Crippen molar-refractivity contribution < 1.29 is 14.3 Å². The molecule has 0 spiro atoms. The van der Waals surface area contributed by atoms with Gasteiger partial charge in [-0.05, 0) is 22.6 Å². The molecule has 110 valence electrons. The summed E-state index contributed by atoms with van der Waals surface area (Å²) in [5.74, 6) is -0.485. The van der Waals surface area contributed by atoms with Gasteiger partial charge in [0.15, 0.2) is 0 Å². The molecule has 3 rings (SSSR count). The van der Waals surface area contributed by atoms with Crippen LogP contribution in [0, 0.1) is 5.21 Å². The standard InChI is InChI=1S/C15H12N4O3/c20-15(17-9-11-5-2-1-3-6-11)13-14(19(21)22-18-13)12-7-4-8-16-10-12/h1-8,10H,9H2,(H,17,20). The summed E-state index contributed by atoms with van der Waals surface area (Å²) in [6.07, 6.45) is 3.04. The van der Waals surface area contributed by atoms with E-state index >= 15 is 0 Å². The maximum atomic E-state index is 12.2. The van der Waals surface area contributed by atoms with Crippen LogP contribution in [0.4, 0.5) is 0 Å². The summed E-state index contributed by atoms with van der Waals surface area (Å²) >= 11 is 0. The molecular formula is C15H12N4O3. The van der Waals surface area contributed by atoms with Gasteiger partial charge in [0.1, 0.15) is 0 Å². The Kier molecular flexibility index (Phi) is 3.78. The van der Waals surface area contributed by atoms with Gasteiger partial charge < -0.3 is 10.5 Å². The van der Waals surface area contributed by atoms with Crippen molar-refractivity contribution in [1.29, 1.82) is 0 Å². The first kappa shape index (κ1) is 13.7. The topological polar surface area (TPSA) is 95.0 Å². The van der Waals surface area contributed by atoms with Gasteiger partial charge in [0.2, 0.25) is 5.69 Å². The number of carbonyl (C=O) groups is 1. The van der Waals surface area contributed by atoms with Crippen molar-refractivity contribution in [3.63, 3.8) is 0 Å². The highest BCUT2D eigenvalue weighted by molar-refractivity contribution is 5.96. The van der Waals surface area contributed by atoms with Crippen LogP contribution in [0.5, 0.6) is 0 Å². The van der Waals surface area contributed by atoms with Crippen molar-refractivity contribution in [2.45, 2.75) is 6.54 Å². The van der Waals surface area contributed by atoms with Gasteiger partial charge in [-0.2, -0.15) is 0 Å². The molecule has 1 N–H and O–H groups in total. The highest BCUT2D eigenvalue weighted by atomic mass is 16.8. The number of hydrogen-bond donors (Lipinski definition) is 1. The fraction of sp³-hybridized carbons (Fsp3) is 0.0667. The zero-order valence-corrected chi connectivity index (χ0v) is 11.5. The van der Waals surface area contributed by atoms with Crippen LogP contribution < -0.4 is 10.2 Å². The third kappa shape index (κ3) is 2.78. The number of aromatic nitrogens is 3. The van der Waals surface area contributed by atoms with Crippen LogP contribution in [0.3, 0.4) is 0 Å². The summed E-state index contributed by atoms with van der Waals surface area (Å²) in [6.45, 7) is 0.331. The second-order valence-electron chi connectivity index (χ2n) is 4.54. The highest BCUT2D eigenvalue weighted by Crippen LogP contribution is 2.17. The van der Waals surface area contributed by atoms with E-state index < -0.39 is 5.91 Å². The van der Waals surface area contributed by atoms with Crippen molar-refractivity contribution in [1.82, 2.24) is 15.5 Å². The van der Waals surface area contributed by atoms with Gasteiger partial charge in [0.05, 0.1) is 5.16 Å². The highest BCUT2D eigenvalue weighted by Gasteiger charge is 2.27. The van der Waals surface area contributed by atoms with Crippen molar-refractivity contribution in [3.05, 3.63) is 71.3 Å². The molecule has 0 aliphatic carbocycles. The number of amides is 1. The second kappa shape index (κ2) is 6.04. The van der Waals surface area contributed by atoms with Crippen LogP contribution in [0.1, 0.15) is 16.1 Å². The Morgan fingerprint density at radius 1 is 1.23 bits per heavy atom. The molecule has 7 nitrogen and oxygen atoms in total. The zero-order chi connectivity index (χ0) is 15.4. The van der Waals surface area contributed by atoms with E-state index in [1.165, 1.54) is 6.20 Å². The molecule has 0 aliphatic heterocycles. The van der Waals surface area contributed by atoms with Crippen LogP contribution in [-0.4, -0.2) is 16.0 Å². The summed E-state index contributed by atoms with van der Waals surface area (Å²) in [4.78, 5) is 16.3. The van der Waals surface area contributed by atoms with Crippen molar-refractivity contribution in [2.75, 3.05) is 0 Å². The number of rotatable bonds is 4. The maximum absolute atomic E-state index is 12.2. The first-order valence-electron chi connectivity index (χ1n) is 6.58. The fourth-order valence-corrected chi connectivity index (χ4v) is 2.00. The Morgan fingerprint density at radius 3 is 2.77 bits per heavy atom. The van der Waals surface area contributed by atoms with E-state index in [9.17, 15) is 10.0 Å². The molecule has 0 bridgehead atoms. The molecule has 7 heteroatoms. The molecule has 0 fully saturated rings. The number of nitrogens with zero attached hydrogens (tertiary/aromatic N) is 3. The van der Waals surface area contributed by atoms with E-state index in [1.807, 2.05) is 30.3 Å². The van der Waals surface area contributed by atoms with E-state index in [-0.39, 0.29) is 16.3 Å². The molecule has 22 heavy (non-hydrogen) atoms. The third-order valence-corrected chi connectivity index (χ3v) is 3.06. The third-order valence-electron chi connectivity index (χ3n) is 3.06. The monoisotopic (exact) mass is 296 g/mol. The predicted octanol–water partition coefficient (Wildman–Crippen LogP) is 1.30. The lowest BCUT2D eigenvalue weighted by Gasteiger charge is -2.02. The molecule has 0 saturated carbocycles. The number of pyridine rings is 1. The number of nitrogens with one attached hydrogen (secondary N) is 1. The Balaban J connectivity index is 1.82. The van der Waals surface area contributed by atoms with Gasteiger partial charge in [-0.1, -0.05) is 30.3 Å². The maximum Gasteiger partial charge on any atom is 0.313 e. The average molecular weight is 296 g/mol. The van der Waals surface area contributed by atoms with Crippen LogP contribution in [0.15, 0.2) is 59.5 Å². The Morgan fingerprint density at radius 2 is 2.05 bits per heavy atom. The number of hydrogen-bond acceptors (Lipinski definition) is 5. The predicted molar refractivity (Wildman–Crippen MR) is 76.3 cm³/mol. The molecule has 0 unspecified atom stereocenters. The summed E-state index contributed by atoms with van der Waals surface area (Å²) in [7, 11) is 0. The smallest absolute Gasteiger partial charge is 0.313 e. The minimum atomic E-state index is -0.485. The van der Waals surface area contributed by atoms with Crippen molar-refractivity contribution in [3.8, 4) is 11.3 Å². The first-order chi connectivity index (χ1) is 10.8. The van der Waals surface area contributed by atoms with E-state index in [2.05, 4.69) is 20.1 Å². The fourth-order valence-electron chi connectivity index (χ4n) is 2.00. The average Bonchev–Trinajstić information content (AvgIpc) is 2.96. The largest absolute Gasteiger partial charge is 0.359 e. The summed E-state index contributed by atoms with van der Waals surface area (Å²) < 4.78 is 4.55. The Labute approximate surface area is 125 Å². The van der Waals surface area contributed by atoms with E-state index in [0.29, 0.717) is 12.1 Å². The summed E-state index contributed by atoms with van der Waals surface area (Å²) in [5, 5.41) is 17.9. The molecule has 1 amide bonds. The quantitative estimate of drug-likeness (QED) is 0.732. The van der Waals surface area contributed by atoms with Gasteiger partial charge in [0.25, 0.3) is 0 Å². The van der Waals surface area contributed by atoms with E-state index in [0.717, 1.165) is 5.56 Å². The van der Waals surface area contributed by atoms with Crippen molar-refractivity contribution >= 4 is 5.91 Å². The molecule has 3 aromatic rings. The lowest BCUT2D eigenvalue weighted by Crippen LogP contribution is -2.29.